The van der Waals surface area contributed by atoms with Crippen molar-refractivity contribution in [2.75, 3.05) is 13.7 Å². The number of hydrogen-bond acceptors (Lipinski definition) is 3. The zero-order valence-electron chi connectivity index (χ0n) is 12.6. The third-order valence-corrected chi connectivity index (χ3v) is 4.42. The van der Waals surface area contributed by atoms with E-state index >= 15 is 0 Å². The van der Waals surface area contributed by atoms with E-state index in [2.05, 4.69) is 17.4 Å². The number of carbonyl (C=O) groups is 1. The number of hydrogen-bond donors (Lipinski definition) is 1. The first-order chi connectivity index (χ1) is 10.3. The lowest BCUT2D eigenvalue weighted by Crippen LogP contribution is -2.38. The fourth-order valence-electron chi connectivity index (χ4n) is 3.22. The van der Waals surface area contributed by atoms with Crippen molar-refractivity contribution in [1.29, 1.82) is 0 Å². The summed E-state index contributed by atoms with van der Waals surface area (Å²) >= 11 is 0. The van der Waals surface area contributed by atoms with Gasteiger partial charge in [-0.3, -0.25) is 4.79 Å². The fraction of sp³-hybridized carbons (Fsp3) is 0.588. The number of rotatable bonds is 4. The summed E-state index contributed by atoms with van der Waals surface area (Å²) in [4.78, 5) is 12.1. The molecule has 1 heterocycles. The Bertz CT molecular complexity index is 521. The summed E-state index contributed by atoms with van der Waals surface area (Å²) in [6.07, 6.45) is 6.15. The van der Waals surface area contributed by atoms with Gasteiger partial charge in [0, 0.05) is 18.7 Å². The number of amides is 1. The van der Waals surface area contributed by atoms with Crippen molar-refractivity contribution in [3.05, 3.63) is 28.8 Å². The smallest absolute Gasteiger partial charge is 0.249 e. The van der Waals surface area contributed by atoms with Crippen LogP contribution in [0.15, 0.2) is 12.1 Å². The quantitative estimate of drug-likeness (QED) is 0.925. The van der Waals surface area contributed by atoms with E-state index in [0.717, 1.165) is 43.4 Å². The second-order valence-corrected chi connectivity index (χ2v) is 5.86. The summed E-state index contributed by atoms with van der Waals surface area (Å²) in [6.45, 7) is 1.20. The molecule has 0 bridgehead atoms. The van der Waals surface area contributed by atoms with Crippen molar-refractivity contribution in [1.82, 2.24) is 5.32 Å². The predicted octanol–water partition coefficient (Wildman–Crippen LogP) is 2.37. The molecular weight excluding hydrogens is 266 g/mol. The molecule has 1 amide bonds. The van der Waals surface area contributed by atoms with Gasteiger partial charge >= 0.3 is 0 Å². The molecular formula is C17H23NO3. The van der Waals surface area contributed by atoms with Gasteiger partial charge in [0.05, 0.1) is 7.11 Å². The Balaban J connectivity index is 1.65. The van der Waals surface area contributed by atoms with Crippen molar-refractivity contribution in [2.24, 2.45) is 0 Å². The van der Waals surface area contributed by atoms with Gasteiger partial charge in [-0.15, -0.1) is 0 Å². The van der Waals surface area contributed by atoms with Crippen molar-refractivity contribution in [2.45, 2.75) is 51.2 Å². The second-order valence-electron chi connectivity index (χ2n) is 5.86. The average molecular weight is 289 g/mol. The maximum absolute atomic E-state index is 12.1. The van der Waals surface area contributed by atoms with Gasteiger partial charge in [-0.1, -0.05) is 6.07 Å². The van der Waals surface area contributed by atoms with Crippen LogP contribution in [0.3, 0.4) is 0 Å². The van der Waals surface area contributed by atoms with Gasteiger partial charge in [0.2, 0.25) is 5.91 Å². The van der Waals surface area contributed by atoms with Crippen LogP contribution in [0.2, 0.25) is 0 Å². The van der Waals surface area contributed by atoms with Crippen LogP contribution < -0.4 is 10.1 Å². The number of fused-ring (bicyclic) bond motifs is 1. The second kappa shape index (κ2) is 6.48. The van der Waals surface area contributed by atoms with Gasteiger partial charge < -0.3 is 14.8 Å². The maximum Gasteiger partial charge on any atom is 0.249 e. The van der Waals surface area contributed by atoms with E-state index in [-0.39, 0.29) is 12.0 Å². The molecule has 1 aliphatic heterocycles. The number of carbonyl (C=O) groups excluding carboxylic acids is 1. The summed E-state index contributed by atoms with van der Waals surface area (Å²) in [7, 11) is 1.69. The third kappa shape index (κ3) is 3.21. The minimum absolute atomic E-state index is 0.00254. The summed E-state index contributed by atoms with van der Waals surface area (Å²) in [5.74, 6) is 0.873. The Morgan fingerprint density at radius 3 is 2.81 bits per heavy atom. The van der Waals surface area contributed by atoms with Crippen LogP contribution in [0.25, 0.3) is 0 Å². The summed E-state index contributed by atoms with van der Waals surface area (Å²) in [6, 6.07) is 4.31. The van der Waals surface area contributed by atoms with E-state index < -0.39 is 0 Å². The Morgan fingerprint density at radius 2 is 2.10 bits per heavy atom. The van der Waals surface area contributed by atoms with Gasteiger partial charge in [0.1, 0.15) is 11.9 Å². The molecule has 1 aromatic rings. The Hall–Kier alpha value is -1.55. The Labute approximate surface area is 125 Å². The lowest BCUT2D eigenvalue weighted by molar-refractivity contribution is -0.135. The zero-order valence-corrected chi connectivity index (χ0v) is 12.6. The highest BCUT2D eigenvalue weighted by molar-refractivity contribution is 5.80. The normalized spacial score (nSPS) is 20.9. The first-order valence-electron chi connectivity index (χ1n) is 7.86. The number of nitrogens with one attached hydrogen (secondary N) is 1. The topological polar surface area (TPSA) is 47.6 Å². The van der Waals surface area contributed by atoms with Gasteiger partial charge in [-0.2, -0.15) is 0 Å². The van der Waals surface area contributed by atoms with Gasteiger partial charge in [-0.05, 0) is 55.7 Å². The molecule has 0 spiro atoms. The standard InChI is InChI=1S/C17H23NO3/c1-20-16-10-13-6-4-5-12(13)9-14(16)11-18-17(19)15-7-2-3-8-21-15/h9-10,15H,2-8,11H2,1H3,(H,18,19)/t15-/m1/s1. The van der Waals surface area contributed by atoms with Crippen LogP contribution >= 0.6 is 0 Å². The van der Waals surface area contributed by atoms with Gasteiger partial charge in [0.25, 0.3) is 0 Å². The van der Waals surface area contributed by atoms with E-state index in [1.165, 1.54) is 17.5 Å². The first kappa shape index (κ1) is 14.4. The minimum Gasteiger partial charge on any atom is -0.496 e. The van der Waals surface area contributed by atoms with Gasteiger partial charge in [-0.25, -0.2) is 0 Å². The molecule has 1 saturated heterocycles. The van der Waals surface area contributed by atoms with Gasteiger partial charge in [0.15, 0.2) is 0 Å². The molecule has 4 heteroatoms. The zero-order chi connectivity index (χ0) is 14.7. The monoisotopic (exact) mass is 289 g/mol. The van der Waals surface area contributed by atoms with Crippen molar-refractivity contribution >= 4 is 5.91 Å². The van der Waals surface area contributed by atoms with Crippen LogP contribution in [-0.4, -0.2) is 25.7 Å². The number of benzene rings is 1. The summed E-state index contributed by atoms with van der Waals surface area (Å²) in [5.41, 5.74) is 3.84. The molecule has 0 radical (unpaired) electrons. The largest absolute Gasteiger partial charge is 0.496 e. The summed E-state index contributed by atoms with van der Waals surface area (Å²) in [5, 5.41) is 2.99. The molecule has 1 atom stereocenters. The van der Waals surface area contributed by atoms with Crippen LogP contribution in [0.5, 0.6) is 5.75 Å². The molecule has 0 unspecified atom stereocenters. The molecule has 3 rings (SSSR count). The van der Waals surface area contributed by atoms with Crippen LogP contribution in [-0.2, 0) is 28.9 Å². The molecule has 0 aromatic heterocycles. The molecule has 1 fully saturated rings. The van der Waals surface area contributed by atoms with Crippen molar-refractivity contribution < 1.29 is 14.3 Å². The molecule has 1 aromatic carbocycles. The average Bonchev–Trinajstić information content (AvgIpc) is 2.99. The minimum atomic E-state index is -0.279. The molecule has 1 aliphatic carbocycles. The van der Waals surface area contributed by atoms with Crippen molar-refractivity contribution in [3.8, 4) is 5.75 Å². The van der Waals surface area contributed by atoms with Crippen LogP contribution in [0.4, 0.5) is 0 Å². The van der Waals surface area contributed by atoms with E-state index in [1.807, 2.05) is 0 Å². The molecule has 4 nitrogen and oxygen atoms in total. The lowest BCUT2D eigenvalue weighted by Gasteiger charge is -2.22. The fourth-order valence-corrected chi connectivity index (χ4v) is 3.22. The predicted molar refractivity (Wildman–Crippen MR) is 80.5 cm³/mol. The molecule has 2 aliphatic rings. The Morgan fingerprint density at radius 1 is 1.29 bits per heavy atom. The summed E-state index contributed by atoms with van der Waals surface area (Å²) < 4.78 is 11.0. The van der Waals surface area contributed by atoms with E-state index in [4.69, 9.17) is 9.47 Å². The van der Waals surface area contributed by atoms with E-state index in [1.54, 1.807) is 7.11 Å². The number of methoxy groups -OCH3 is 1. The van der Waals surface area contributed by atoms with E-state index in [0.29, 0.717) is 13.2 Å². The number of ether oxygens (including phenoxy) is 2. The highest BCUT2D eigenvalue weighted by Gasteiger charge is 2.22. The highest BCUT2D eigenvalue weighted by atomic mass is 16.5. The van der Waals surface area contributed by atoms with E-state index in [9.17, 15) is 4.79 Å². The number of aryl methyl sites for hydroxylation is 2. The molecule has 1 N–H and O–H groups in total. The molecule has 21 heavy (non-hydrogen) atoms. The maximum atomic E-state index is 12.1. The molecule has 114 valence electrons. The Kier molecular flexibility index (Phi) is 4.44. The highest BCUT2D eigenvalue weighted by Crippen LogP contribution is 2.29. The van der Waals surface area contributed by atoms with Crippen molar-refractivity contribution in [3.63, 3.8) is 0 Å². The molecule has 0 saturated carbocycles. The lowest BCUT2D eigenvalue weighted by atomic mass is 10.0. The third-order valence-electron chi connectivity index (χ3n) is 4.42. The SMILES string of the molecule is COc1cc2c(cc1CNC(=O)[C@H]1CCCCO1)CCC2. The first-order valence-corrected chi connectivity index (χ1v) is 7.86. The van der Waals surface area contributed by atoms with Crippen LogP contribution in [0, 0.1) is 0 Å². The van der Waals surface area contributed by atoms with Crippen LogP contribution in [0.1, 0.15) is 42.4 Å².